The van der Waals surface area contributed by atoms with E-state index < -0.39 is 0 Å². The molecule has 5 heterocycles. The first-order valence-corrected chi connectivity index (χ1v) is 9.95. The molecule has 6 rings (SSSR count). The molecule has 1 aromatic carbocycles. The highest BCUT2D eigenvalue weighted by atomic mass is 16.1. The predicted octanol–water partition coefficient (Wildman–Crippen LogP) is 1.14. The lowest BCUT2D eigenvalue weighted by atomic mass is 10.1. The Morgan fingerprint density at radius 3 is 2.22 bits per heavy atom. The van der Waals surface area contributed by atoms with Gasteiger partial charge >= 0.3 is 0 Å². The third kappa shape index (κ3) is 2.61. The normalized spacial score (nSPS) is 11.8. The topological polar surface area (TPSA) is 132 Å². The average Bonchev–Trinajstić information content (AvgIpc) is 3.53. The van der Waals surface area contributed by atoms with Crippen molar-refractivity contribution in [2.24, 2.45) is 7.05 Å². The SMILES string of the molecule is Cn1c2c(=O)n(Cc3ccn[nH]3)ncc2c2cnn(Cc3cccc4[nH]ncc34)c(=O)c21. The summed E-state index contributed by atoms with van der Waals surface area (Å²) in [5.41, 5.74) is 2.83. The van der Waals surface area contributed by atoms with Crippen molar-refractivity contribution in [3.8, 4) is 0 Å². The lowest BCUT2D eigenvalue weighted by Gasteiger charge is -2.06. The molecule has 158 valence electrons. The van der Waals surface area contributed by atoms with Crippen molar-refractivity contribution < 1.29 is 0 Å². The second-order valence-corrected chi connectivity index (χ2v) is 7.63. The molecule has 0 fully saturated rings. The zero-order valence-corrected chi connectivity index (χ0v) is 17.0. The zero-order valence-electron chi connectivity index (χ0n) is 17.0. The van der Waals surface area contributed by atoms with E-state index in [-0.39, 0.29) is 24.2 Å². The number of benzene rings is 1. The molecule has 11 nitrogen and oxygen atoms in total. The third-order valence-electron chi connectivity index (χ3n) is 5.77. The van der Waals surface area contributed by atoms with Crippen LogP contribution in [0.1, 0.15) is 11.3 Å². The molecule has 5 aromatic heterocycles. The van der Waals surface area contributed by atoms with Crippen LogP contribution in [0.15, 0.2) is 58.6 Å². The highest BCUT2D eigenvalue weighted by molar-refractivity contribution is 6.06. The molecule has 0 saturated heterocycles. The Hall–Kier alpha value is -4.54. The van der Waals surface area contributed by atoms with Gasteiger partial charge in [0.2, 0.25) is 0 Å². The van der Waals surface area contributed by atoms with E-state index in [9.17, 15) is 9.59 Å². The van der Waals surface area contributed by atoms with Gasteiger partial charge in [-0.15, -0.1) is 0 Å². The van der Waals surface area contributed by atoms with Crippen LogP contribution < -0.4 is 11.1 Å². The van der Waals surface area contributed by atoms with Gasteiger partial charge in [0.05, 0.1) is 42.9 Å². The number of hydrogen-bond donors (Lipinski definition) is 2. The van der Waals surface area contributed by atoms with Crippen LogP contribution in [0.2, 0.25) is 0 Å². The first kappa shape index (κ1) is 18.2. The molecule has 11 heteroatoms. The molecule has 0 amide bonds. The smallest absolute Gasteiger partial charge is 0.291 e. The maximum absolute atomic E-state index is 13.4. The maximum Gasteiger partial charge on any atom is 0.291 e. The molecule has 0 aliphatic heterocycles. The molecule has 2 N–H and O–H groups in total. The minimum Gasteiger partial charge on any atom is -0.334 e. The van der Waals surface area contributed by atoms with Crippen molar-refractivity contribution in [1.29, 1.82) is 0 Å². The van der Waals surface area contributed by atoms with Crippen molar-refractivity contribution >= 4 is 32.7 Å². The van der Waals surface area contributed by atoms with Gasteiger partial charge in [-0.05, 0) is 17.7 Å². The third-order valence-corrected chi connectivity index (χ3v) is 5.77. The highest BCUT2D eigenvalue weighted by Crippen LogP contribution is 2.23. The van der Waals surface area contributed by atoms with Crippen LogP contribution in [0.4, 0.5) is 0 Å². The molecule has 0 atom stereocenters. The monoisotopic (exact) mass is 427 g/mol. The molecule has 0 aliphatic rings. The van der Waals surface area contributed by atoms with E-state index in [0.29, 0.717) is 21.8 Å². The molecule has 0 bridgehead atoms. The van der Waals surface area contributed by atoms with E-state index >= 15 is 0 Å². The molecule has 32 heavy (non-hydrogen) atoms. The number of rotatable bonds is 4. The lowest BCUT2D eigenvalue weighted by molar-refractivity contribution is 0.631. The van der Waals surface area contributed by atoms with Crippen molar-refractivity contribution in [3.05, 3.63) is 81.0 Å². The van der Waals surface area contributed by atoms with Gasteiger partial charge in [-0.1, -0.05) is 12.1 Å². The maximum atomic E-state index is 13.4. The van der Waals surface area contributed by atoms with Gasteiger partial charge in [-0.3, -0.25) is 19.8 Å². The Morgan fingerprint density at radius 2 is 1.53 bits per heavy atom. The van der Waals surface area contributed by atoms with Crippen LogP contribution in [0, 0.1) is 0 Å². The minimum atomic E-state index is -0.287. The van der Waals surface area contributed by atoms with Crippen LogP contribution in [0.5, 0.6) is 0 Å². The number of H-pyrrole nitrogens is 2. The summed E-state index contributed by atoms with van der Waals surface area (Å²) in [4.78, 5) is 26.5. The summed E-state index contributed by atoms with van der Waals surface area (Å²) < 4.78 is 4.39. The van der Waals surface area contributed by atoms with Crippen molar-refractivity contribution in [2.75, 3.05) is 0 Å². The van der Waals surface area contributed by atoms with Crippen LogP contribution in [0.25, 0.3) is 32.7 Å². The van der Waals surface area contributed by atoms with E-state index in [1.165, 1.54) is 9.36 Å². The largest absolute Gasteiger partial charge is 0.334 e. The first-order chi connectivity index (χ1) is 15.6. The standard InChI is InChI=1S/C21H17N9O2/c1-28-18-15(16-9-25-30(21(32)19(16)28)11-13-5-6-22-26-13)8-24-29(20(18)31)10-12-3-2-4-17-14(12)7-23-27-17/h2-9H,10-11H2,1H3,(H,22,26)(H,23,27). The summed E-state index contributed by atoms with van der Waals surface area (Å²) in [5.74, 6) is 0. The van der Waals surface area contributed by atoms with Crippen molar-refractivity contribution in [1.82, 2.24) is 44.5 Å². The number of aromatic nitrogens is 9. The van der Waals surface area contributed by atoms with Gasteiger partial charge in [-0.2, -0.15) is 20.4 Å². The first-order valence-electron chi connectivity index (χ1n) is 9.95. The van der Waals surface area contributed by atoms with E-state index in [2.05, 4.69) is 30.6 Å². The average molecular weight is 427 g/mol. The summed E-state index contributed by atoms with van der Waals surface area (Å²) >= 11 is 0. The van der Waals surface area contributed by atoms with Crippen LogP contribution in [-0.2, 0) is 20.1 Å². The van der Waals surface area contributed by atoms with Crippen LogP contribution >= 0.6 is 0 Å². The van der Waals surface area contributed by atoms with Crippen molar-refractivity contribution in [2.45, 2.75) is 13.1 Å². The number of nitrogens with one attached hydrogen (secondary N) is 2. The summed E-state index contributed by atoms with van der Waals surface area (Å²) in [6, 6.07) is 7.55. The summed E-state index contributed by atoms with van der Waals surface area (Å²) in [7, 11) is 1.72. The number of aromatic amines is 2. The summed E-state index contributed by atoms with van der Waals surface area (Å²) in [5, 5.41) is 24.5. The minimum absolute atomic E-state index is 0.257. The van der Waals surface area contributed by atoms with Gasteiger partial charge in [0.25, 0.3) is 11.1 Å². The summed E-state index contributed by atoms with van der Waals surface area (Å²) in [6.07, 6.45) is 6.58. The molecular weight excluding hydrogens is 410 g/mol. The second-order valence-electron chi connectivity index (χ2n) is 7.63. The van der Waals surface area contributed by atoms with Gasteiger partial charge in [0.15, 0.2) is 0 Å². The van der Waals surface area contributed by atoms with Gasteiger partial charge < -0.3 is 4.57 Å². The molecular formula is C21H17N9O2. The Bertz CT molecular complexity index is 1740. The van der Waals surface area contributed by atoms with Crippen LogP contribution in [0.3, 0.4) is 0 Å². The predicted molar refractivity (Wildman–Crippen MR) is 117 cm³/mol. The van der Waals surface area contributed by atoms with E-state index in [0.717, 1.165) is 22.2 Å². The number of fused-ring (bicyclic) bond motifs is 4. The fourth-order valence-corrected chi connectivity index (χ4v) is 4.20. The number of hydrogen-bond acceptors (Lipinski definition) is 6. The zero-order chi connectivity index (χ0) is 21.8. The molecule has 0 aliphatic carbocycles. The fourth-order valence-electron chi connectivity index (χ4n) is 4.20. The summed E-state index contributed by atoms with van der Waals surface area (Å²) in [6.45, 7) is 0.545. The molecule has 0 saturated carbocycles. The Labute approximate surface area is 178 Å². The molecule has 0 spiro atoms. The van der Waals surface area contributed by atoms with Crippen LogP contribution in [-0.4, -0.2) is 44.5 Å². The van der Waals surface area contributed by atoms with Gasteiger partial charge in [0.1, 0.15) is 11.0 Å². The Kier molecular flexibility index (Phi) is 3.84. The number of aryl methyl sites for hydroxylation is 1. The lowest BCUT2D eigenvalue weighted by Crippen LogP contribution is -2.26. The Morgan fingerprint density at radius 1 is 0.812 bits per heavy atom. The van der Waals surface area contributed by atoms with Crippen molar-refractivity contribution in [3.63, 3.8) is 0 Å². The number of nitrogens with zero attached hydrogens (tertiary/aromatic N) is 7. The van der Waals surface area contributed by atoms with E-state index in [1.807, 2.05) is 18.2 Å². The fraction of sp³-hybridized carbons (Fsp3) is 0.143. The molecule has 0 unspecified atom stereocenters. The molecule has 6 aromatic rings. The van der Waals surface area contributed by atoms with E-state index in [1.54, 1.807) is 42.5 Å². The quantitative estimate of drug-likeness (QED) is 0.434. The Balaban J connectivity index is 1.51. The second kappa shape index (κ2) is 6.74. The van der Waals surface area contributed by atoms with E-state index in [4.69, 9.17) is 0 Å². The van der Waals surface area contributed by atoms with Gasteiger partial charge in [-0.25, -0.2) is 9.36 Å². The van der Waals surface area contributed by atoms with Gasteiger partial charge in [0, 0.05) is 29.4 Å². The highest BCUT2D eigenvalue weighted by Gasteiger charge is 2.18. The molecule has 0 radical (unpaired) electrons.